The van der Waals surface area contributed by atoms with E-state index in [2.05, 4.69) is 62.9 Å². The van der Waals surface area contributed by atoms with Crippen molar-refractivity contribution in [2.24, 2.45) is 5.92 Å². The second-order valence-corrected chi connectivity index (χ2v) is 6.25. The Morgan fingerprint density at radius 1 is 1.50 bits per heavy atom. The average molecular weight is 335 g/mol. The number of hydrogen-bond donors (Lipinski definition) is 2. The normalized spacial score (nSPS) is 19.2. The van der Waals surface area contributed by atoms with E-state index in [-0.39, 0.29) is 0 Å². The Balaban J connectivity index is 1.55. The van der Waals surface area contributed by atoms with Crippen LogP contribution in [0.2, 0.25) is 0 Å². The van der Waals surface area contributed by atoms with E-state index < -0.39 is 0 Å². The van der Waals surface area contributed by atoms with Gasteiger partial charge in [0.05, 0.1) is 6.20 Å². The van der Waals surface area contributed by atoms with Crippen LogP contribution in [0.25, 0.3) is 0 Å². The largest absolute Gasteiger partial charge is 0.370 e. The highest BCUT2D eigenvalue weighted by molar-refractivity contribution is 9.10. The Bertz CT molecular complexity index is 581. The summed E-state index contributed by atoms with van der Waals surface area (Å²) < 4.78 is 3.17. The quantitative estimate of drug-likeness (QED) is 0.902. The maximum absolute atomic E-state index is 4.32. The summed E-state index contributed by atoms with van der Waals surface area (Å²) in [6.07, 6.45) is 1.85. The number of benzene rings is 1. The van der Waals surface area contributed by atoms with E-state index in [1.54, 1.807) is 0 Å². The van der Waals surface area contributed by atoms with Crippen molar-refractivity contribution in [3.8, 4) is 0 Å². The molecule has 2 heterocycles. The van der Waals surface area contributed by atoms with Gasteiger partial charge >= 0.3 is 0 Å². The van der Waals surface area contributed by atoms with E-state index in [4.69, 9.17) is 0 Å². The number of aromatic nitrogens is 2. The Morgan fingerprint density at radius 2 is 2.40 bits per heavy atom. The summed E-state index contributed by atoms with van der Waals surface area (Å²) in [7, 11) is 0. The predicted octanol–water partition coefficient (Wildman–Crippen LogP) is 3.04. The minimum atomic E-state index is 0.353. The van der Waals surface area contributed by atoms with Crippen LogP contribution in [0.5, 0.6) is 0 Å². The minimum absolute atomic E-state index is 0.353. The van der Waals surface area contributed by atoms with Gasteiger partial charge in [0, 0.05) is 42.1 Å². The first-order chi connectivity index (χ1) is 9.72. The van der Waals surface area contributed by atoms with Gasteiger partial charge in [-0.3, -0.25) is 0 Å². The van der Waals surface area contributed by atoms with Gasteiger partial charge < -0.3 is 10.6 Å². The van der Waals surface area contributed by atoms with Crippen LogP contribution in [0.3, 0.4) is 0 Å². The van der Waals surface area contributed by atoms with E-state index >= 15 is 0 Å². The molecule has 2 aromatic rings. The summed E-state index contributed by atoms with van der Waals surface area (Å²) in [4.78, 5) is 0. The van der Waals surface area contributed by atoms with Crippen molar-refractivity contribution in [1.29, 1.82) is 0 Å². The van der Waals surface area contributed by atoms with Crippen LogP contribution in [0.1, 0.15) is 18.5 Å². The Hall–Kier alpha value is -1.33. The van der Waals surface area contributed by atoms with Crippen LogP contribution in [-0.4, -0.2) is 22.9 Å². The van der Waals surface area contributed by atoms with Crippen molar-refractivity contribution >= 4 is 21.7 Å². The second-order valence-electron chi connectivity index (χ2n) is 5.33. The molecule has 0 aliphatic carbocycles. The zero-order valence-electron chi connectivity index (χ0n) is 11.5. The molecule has 0 radical (unpaired) electrons. The molecule has 4 nitrogen and oxygen atoms in total. The lowest BCUT2D eigenvalue weighted by Gasteiger charge is -2.26. The molecule has 2 N–H and O–H groups in total. The molecule has 0 spiro atoms. The van der Waals surface area contributed by atoms with Crippen LogP contribution in [0.15, 0.2) is 41.0 Å². The topological polar surface area (TPSA) is 41.9 Å². The zero-order valence-corrected chi connectivity index (χ0v) is 13.1. The van der Waals surface area contributed by atoms with Gasteiger partial charge in [-0.25, -0.2) is 4.68 Å². The molecule has 0 amide bonds. The molecule has 20 heavy (non-hydrogen) atoms. The molecular formula is C15H19BrN4. The fraction of sp³-hybridized carbons (Fsp3) is 0.400. The van der Waals surface area contributed by atoms with Crippen LogP contribution in [-0.2, 0) is 6.54 Å². The lowest BCUT2D eigenvalue weighted by Crippen LogP contribution is -2.36. The van der Waals surface area contributed by atoms with E-state index in [1.807, 2.05) is 16.9 Å². The van der Waals surface area contributed by atoms with Crippen molar-refractivity contribution in [3.05, 3.63) is 46.6 Å². The summed E-state index contributed by atoms with van der Waals surface area (Å²) >= 11 is 3.52. The zero-order chi connectivity index (χ0) is 13.9. The molecule has 106 valence electrons. The van der Waals surface area contributed by atoms with Gasteiger partial charge in [0.25, 0.3) is 0 Å². The van der Waals surface area contributed by atoms with Crippen molar-refractivity contribution in [1.82, 2.24) is 15.1 Å². The van der Waals surface area contributed by atoms with Crippen molar-refractivity contribution in [2.75, 3.05) is 18.4 Å². The average Bonchev–Trinajstić information content (AvgIpc) is 2.92. The number of hydrogen-bond acceptors (Lipinski definition) is 3. The summed E-state index contributed by atoms with van der Waals surface area (Å²) in [5.74, 6) is 1.69. The third kappa shape index (κ3) is 3.04. The molecule has 0 fully saturated rings. The molecular weight excluding hydrogens is 316 g/mol. The van der Waals surface area contributed by atoms with Gasteiger partial charge in [-0.15, -0.1) is 0 Å². The van der Waals surface area contributed by atoms with Crippen LogP contribution < -0.4 is 10.6 Å². The highest BCUT2D eigenvalue weighted by Crippen LogP contribution is 2.19. The van der Waals surface area contributed by atoms with Crippen molar-refractivity contribution < 1.29 is 0 Å². The lowest BCUT2D eigenvalue weighted by molar-refractivity contribution is 0.376. The van der Waals surface area contributed by atoms with Crippen LogP contribution in [0.4, 0.5) is 5.82 Å². The molecule has 0 unspecified atom stereocenters. The van der Waals surface area contributed by atoms with E-state index in [0.29, 0.717) is 12.0 Å². The predicted molar refractivity (Wildman–Crippen MR) is 84.8 cm³/mol. The molecule has 2 atom stereocenters. The molecule has 3 rings (SSSR count). The first-order valence-electron chi connectivity index (χ1n) is 6.97. The third-order valence-corrected chi connectivity index (χ3v) is 4.27. The summed E-state index contributed by atoms with van der Waals surface area (Å²) in [6.45, 7) is 5.18. The maximum atomic E-state index is 4.32. The summed E-state index contributed by atoms with van der Waals surface area (Å²) in [5.41, 5.74) is 1.31. The molecule has 1 aromatic carbocycles. The summed E-state index contributed by atoms with van der Waals surface area (Å²) in [6, 6.07) is 10.8. The first kappa shape index (κ1) is 13.6. The van der Waals surface area contributed by atoms with Crippen LogP contribution in [0, 0.1) is 5.92 Å². The molecule has 0 saturated heterocycles. The minimum Gasteiger partial charge on any atom is -0.370 e. The number of nitrogens with one attached hydrogen (secondary N) is 2. The fourth-order valence-electron chi connectivity index (χ4n) is 2.56. The van der Waals surface area contributed by atoms with Gasteiger partial charge in [0.1, 0.15) is 5.82 Å². The SMILES string of the molecule is C[C@@H](NC[C@H]1CNc2ccnn2C1)c1cccc(Br)c1. The first-order valence-corrected chi connectivity index (χ1v) is 7.76. The van der Waals surface area contributed by atoms with Gasteiger partial charge in [-0.2, -0.15) is 5.10 Å². The number of halogens is 1. The lowest BCUT2D eigenvalue weighted by atomic mass is 10.1. The highest BCUT2D eigenvalue weighted by Gasteiger charge is 2.18. The van der Waals surface area contributed by atoms with Gasteiger partial charge in [0.15, 0.2) is 0 Å². The number of fused-ring (bicyclic) bond motifs is 1. The molecule has 1 aliphatic rings. The maximum Gasteiger partial charge on any atom is 0.124 e. The van der Waals surface area contributed by atoms with Gasteiger partial charge in [-0.1, -0.05) is 28.1 Å². The van der Waals surface area contributed by atoms with E-state index in [9.17, 15) is 0 Å². The Kier molecular flexibility index (Phi) is 4.08. The Morgan fingerprint density at radius 3 is 3.25 bits per heavy atom. The van der Waals surface area contributed by atoms with Crippen molar-refractivity contribution in [3.63, 3.8) is 0 Å². The molecule has 1 aliphatic heterocycles. The Labute approximate surface area is 127 Å². The van der Waals surface area contributed by atoms with E-state index in [1.165, 1.54) is 5.56 Å². The van der Waals surface area contributed by atoms with E-state index in [0.717, 1.165) is 29.9 Å². The molecule has 1 aromatic heterocycles. The van der Waals surface area contributed by atoms with Crippen molar-refractivity contribution in [2.45, 2.75) is 19.5 Å². The monoisotopic (exact) mass is 334 g/mol. The number of anilines is 1. The molecule has 0 saturated carbocycles. The second kappa shape index (κ2) is 5.97. The highest BCUT2D eigenvalue weighted by atomic mass is 79.9. The summed E-state index contributed by atoms with van der Waals surface area (Å²) in [5, 5.41) is 11.4. The number of nitrogens with zero attached hydrogens (tertiary/aromatic N) is 2. The smallest absolute Gasteiger partial charge is 0.124 e. The van der Waals surface area contributed by atoms with Crippen LogP contribution >= 0.6 is 15.9 Å². The van der Waals surface area contributed by atoms with Gasteiger partial charge in [0.2, 0.25) is 0 Å². The molecule has 5 heteroatoms. The standard InChI is InChI=1S/C15H19BrN4/c1-11(13-3-2-4-14(16)7-13)17-8-12-9-18-15-5-6-19-20(15)10-12/h2-7,11-12,17-18H,8-10H2,1H3/t11-,12+/m1/s1. The molecule has 0 bridgehead atoms. The van der Waals surface area contributed by atoms with Gasteiger partial charge in [-0.05, 0) is 24.6 Å². The third-order valence-electron chi connectivity index (χ3n) is 3.78. The number of rotatable bonds is 4. The fourth-order valence-corrected chi connectivity index (χ4v) is 2.98.